The molecule has 0 unspecified atom stereocenters. The number of halogens is 3. The van der Waals surface area contributed by atoms with Crippen LogP contribution < -0.4 is 10.1 Å². The van der Waals surface area contributed by atoms with Gasteiger partial charge in [0.05, 0.1) is 11.4 Å². The van der Waals surface area contributed by atoms with E-state index in [1.165, 1.54) is 28.6 Å². The molecule has 36 heavy (non-hydrogen) atoms. The van der Waals surface area contributed by atoms with E-state index >= 15 is 0 Å². The van der Waals surface area contributed by atoms with Gasteiger partial charge in [-0.2, -0.15) is 0 Å². The summed E-state index contributed by atoms with van der Waals surface area (Å²) < 4.78 is 42.9. The van der Waals surface area contributed by atoms with E-state index in [1.54, 1.807) is 18.5 Å². The largest absolute Gasteiger partial charge is 0.573 e. The molecule has 186 valence electrons. The molecule has 3 aromatic heterocycles. The Bertz CT molecular complexity index is 1330. The number of rotatable bonds is 8. The lowest BCUT2D eigenvalue weighted by atomic mass is 10.2. The van der Waals surface area contributed by atoms with Crippen LogP contribution in [0.3, 0.4) is 0 Å². The number of alkyl halides is 3. The molecule has 0 saturated carbocycles. The number of hydrogen-bond donors (Lipinski definition) is 1. The van der Waals surface area contributed by atoms with Gasteiger partial charge < -0.3 is 10.1 Å². The highest BCUT2D eigenvalue weighted by Gasteiger charge is 2.31. The fourth-order valence-corrected chi connectivity index (χ4v) is 4.21. The van der Waals surface area contributed by atoms with E-state index in [0.717, 1.165) is 29.1 Å². The summed E-state index contributed by atoms with van der Waals surface area (Å²) in [5.41, 5.74) is 3.30. The number of ether oxygens (including phenoxy) is 1. The van der Waals surface area contributed by atoms with Crippen molar-refractivity contribution in [2.45, 2.75) is 37.7 Å². The summed E-state index contributed by atoms with van der Waals surface area (Å²) in [5, 5.41) is 11.4. The molecule has 0 aliphatic rings. The number of nitrogens with one attached hydrogen (secondary N) is 1. The van der Waals surface area contributed by atoms with E-state index in [2.05, 4.69) is 35.3 Å². The zero-order chi connectivity index (χ0) is 25.7. The zero-order valence-electron chi connectivity index (χ0n) is 19.2. The number of nitrogens with zero attached hydrogens (tertiary/aromatic N) is 6. The first-order valence-corrected chi connectivity index (χ1v) is 11.6. The van der Waals surface area contributed by atoms with Crippen molar-refractivity contribution in [2.24, 2.45) is 0 Å². The van der Waals surface area contributed by atoms with Crippen LogP contribution >= 0.6 is 11.8 Å². The van der Waals surface area contributed by atoms with Crippen LogP contribution in [0.5, 0.6) is 5.75 Å². The average molecular weight is 516 g/mol. The predicted molar refractivity (Wildman–Crippen MR) is 125 cm³/mol. The molecule has 4 rings (SSSR count). The first kappa shape index (κ1) is 25.1. The third kappa shape index (κ3) is 6.56. The first-order chi connectivity index (χ1) is 17.2. The molecule has 0 bridgehead atoms. The van der Waals surface area contributed by atoms with Crippen LogP contribution in [0.4, 0.5) is 13.2 Å². The number of carbonyl (C=O) groups excluding carboxylic acids is 1. The van der Waals surface area contributed by atoms with Crippen LogP contribution in [0.1, 0.15) is 33.1 Å². The molecule has 13 heteroatoms. The number of pyridine rings is 1. The van der Waals surface area contributed by atoms with Crippen molar-refractivity contribution < 1.29 is 22.7 Å². The molecule has 0 saturated heterocycles. The van der Waals surface area contributed by atoms with Crippen molar-refractivity contribution in [3.05, 3.63) is 83.2 Å². The number of thioether (sulfide) groups is 1. The average Bonchev–Trinajstić information content (AvgIpc) is 3.25. The van der Waals surface area contributed by atoms with Crippen molar-refractivity contribution in [3.63, 3.8) is 0 Å². The van der Waals surface area contributed by atoms with Gasteiger partial charge in [0.15, 0.2) is 10.9 Å². The second kappa shape index (κ2) is 10.7. The highest BCUT2D eigenvalue weighted by molar-refractivity contribution is 7.98. The van der Waals surface area contributed by atoms with Gasteiger partial charge in [-0.1, -0.05) is 23.0 Å². The summed E-state index contributed by atoms with van der Waals surface area (Å²) in [7, 11) is 0. The Balaban J connectivity index is 1.61. The number of aromatic nitrogens is 6. The van der Waals surface area contributed by atoms with Gasteiger partial charge in [0.25, 0.3) is 5.91 Å². The Kier molecular flexibility index (Phi) is 7.48. The third-order valence-electron chi connectivity index (χ3n) is 4.77. The summed E-state index contributed by atoms with van der Waals surface area (Å²) in [6.45, 7) is 3.94. The van der Waals surface area contributed by atoms with Crippen molar-refractivity contribution in [3.8, 4) is 11.4 Å². The number of amides is 1. The minimum atomic E-state index is -4.80. The lowest BCUT2D eigenvalue weighted by Crippen LogP contribution is -2.24. The second-order valence-electron chi connectivity index (χ2n) is 7.60. The molecule has 0 fully saturated rings. The molecule has 9 nitrogen and oxygen atoms in total. The van der Waals surface area contributed by atoms with Gasteiger partial charge in [-0.15, -0.1) is 18.3 Å². The second-order valence-corrected chi connectivity index (χ2v) is 8.55. The van der Waals surface area contributed by atoms with Crippen molar-refractivity contribution in [1.82, 2.24) is 35.3 Å². The van der Waals surface area contributed by atoms with Gasteiger partial charge in [-0.05, 0) is 55.8 Å². The number of carbonyl (C=O) groups is 1. The minimum absolute atomic E-state index is 0.0754. The van der Waals surface area contributed by atoms with E-state index in [4.69, 9.17) is 0 Å². The van der Waals surface area contributed by atoms with Gasteiger partial charge in [-0.3, -0.25) is 9.78 Å². The molecule has 0 aliphatic carbocycles. The summed E-state index contributed by atoms with van der Waals surface area (Å²) in [6, 6.07) is 10.5. The maximum Gasteiger partial charge on any atom is 0.573 e. The standard InChI is InChI=1S/C23H20F3N7O2S/c1-14-10-15(2)30-22(29-14)36-13-19-20(21(34)28-12-16-4-3-9-27-11-16)31-32-33(19)17-5-7-18(8-6-17)35-23(24,25)26/h3-11H,12-13H2,1-2H3,(H,28,34). The molecule has 1 aromatic carbocycles. The van der Waals surface area contributed by atoms with Crippen LogP contribution in [0.25, 0.3) is 5.69 Å². The summed E-state index contributed by atoms with van der Waals surface area (Å²) in [4.78, 5) is 25.8. The molecular formula is C23H20F3N7O2S. The maximum absolute atomic E-state index is 13.0. The predicted octanol–water partition coefficient (Wildman–Crippen LogP) is 4.19. The van der Waals surface area contributed by atoms with Gasteiger partial charge in [0.2, 0.25) is 0 Å². The van der Waals surface area contributed by atoms with E-state index in [-0.39, 0.29) is 23.7 Å². The fraction of sp³-hybridized carbons (Fsp3) is 0.217. The van der Waals surface area contributed by atoms with Crippen LogP contribution in [0, 0.1) is 13.8 Å². The van der Waals surface area contributed by atoms with Crippen LogP contribution in [0.2, 0.25) is 0 Å². The first-order valence-electron chi connectivity index (χ1n) is 10.6. The smallest absolute Gasteiger partial charge is 0.406 e. The number of aryl methyl sites for hydroxylation is 2. The minimum Gasteiger partial charge on any atom is -0.406 e. The summed E-state index contributed by atoms with van der Waals surface area (Å²) in [6.07, 6.45) is -1.54. The quantitative estimate of drug-likeness (QED) is 0.275. The lowest BCUT2D eigenvalue weighted by molar-refractivity contribution is -0.274. The monoisotopic (exact) mass is 515 g/mol. The Morgan fingerprint density at radius 3 is 2.47 bits per heavy atom. The lowest BCUT2D eigenvalue weighted by Gasteiger charge is -2.11. The molecule has 4 aromatic rings. The van der Waals surface area contributed by atoms with Gasteiger partial charge in [-0.25, -0.2) is 14.6 Å². The van der Waals surface area contributed by atoms with E-state index in [0.29, 0.717) is 16.5 Å². The topological polar surface area (TPSA) is 108 Å². The molecule has 1 amide bonds. The van der Waals surface area contributed by atoms with E-state index < -0.39 is 12.3 Å². The SMILES string of the molecule is Cc1cc(C)nc(SCc2c(C(=O)NCc3cccnc3)nnn2-c2ccc(OC(F)(F)F)cc2)n1. The van der Waals surface area contributed by atoms with E-state index in [1.807, 2.05) is 26.0 Å². The highest BCUT2D eigenvalue weighted by atomic mass is 32.2. The van der Waals surface area contributed by atoms with E-state index in [9.17, 15) is 18.0 Å². The Morgan fingerprint density at radius 1 is 1.11 bits per heavy atom. The van der Waals surface area contributed by atoms with Crippen molar-refractivity contribution in [2.75, 3.05) is 0 Å². The van der Waals surface area contributed by atoms with Gasteiger partial charge >= 0.3 is 6.36 Å². The molecule has 0 aliphatic heterocycles. The summed E-state index contributed by atoms with van der Waals surface area (Å²) in [5.74, 6) is -0.605. The molecule has 0 radical (unpaired) electrons. The summed E-state index contributed by atoms with van der Waals surface area (Å²) >= 11 is 1.29. The Labute approximate surface area is 208 Å². The van der Waals surface area contributed by atoms with Crippen LogP contribution in [0.15, 0.2) is 60.0 Å². The normalized spacial score (nSPS) is 11.4. The van der Waals surface area contributed by atoms with Gasteiger partial charge in [0.1, 0.15) is 5.75 Å². The molecule has 1 N–H and O–H groups in total. The van der Waals surface area contributed by atoms with Gasteiger partial charge in [0, 0.05) is 36.1 Å². The maximum atomic E-state index is 13.0. The molecule has 0 atom stereocenters. The molecular weight excluding hydrogens is 495 g/mol. The fourth-order valence-electron chi connectivity index (χ4n) is 3.26. The Morgan fingerprint density at radius 2 is 1.83 bits per heavy atom. The van der Waals surface area contributed by atoms with Crippen LogP contribution in [-0.2, 0) is 12.3 Å². The molecule has 3 heterocycles. The zero-order valence-corrected chi connectivity index (χ0v) is 20.0. The number of hydrogen-bond acceptors (Lipinski definition) is 8. The van der Waals surface area contributed by atoms with Crippen LogP contribution in [-0.4, -0.2) is 42.2 Å². The van der Waals surface area contributed by atoms with Crippen molar-refractivity contribution >= 4 is 17.7 Å². The third-order valence-corrected chi connectivity index (χ3v) is 5.63. The van der Waals surface area contributed by atoms with Crippen molar-refractivity contribution in [1.29, 1.82) is 0 Å². The molecule has 0 spiro atoms. The highest BCUT2D eigenvalue weighted by Crippen LogP contribution is 2.26. The Hall–Kier alpha value is -4.00. The number of benzene rings is 1.